The van der Waals surface area contributed by atoms with Crippen molar-refractivity contribution in [3.8, 4) is 0 Å². The van der Waals surface area contributed by atoms with E-state index in [0.717, 1.165) is 122 Å². The number of esters is 3. The number of hydrogen-bond acceptors (Lipinski definition) is 6. The lowest BCUT2D eigenvalue weighted by molar-refractivity contribution is -0.167. The van der Waals surface area contributed by atoms with E-state index in [1.807, 2.05) is 0 Å². The third-order valence-corrected chi connectivity index (χ3v) is 14.3. The van der Waals surface area contributed by atoms with Gasteiger partial charge in [-0.15, -0.1) is 0 Å². The Bertz CT molecular complexity index is 1590. The molecule has 0 aliphatic carbocycles. The highest BCUT2D eigenvalue weighted by Gasteiger charge is 2.19. The molecule has 0 fully saturated rings. The van der Waals surface area contributed by atoms with Crippen LogP contribution in [0.2, 0.25) is 0 Å². The van der Waals surface area contributed by atoms with E-state index in [-0.39, 0.29) is 31.1 Å². The van der Waals surface area contributed by atoms with E-state index in [4.69, 9.17) is 14.2 Å². The highest BCUT2D eigenvalue weighted by Crippen LogP contribution is 2.16. The molecule has 0 N–H and O–H groups in total. The molecule has 0 aromatic carbocycles. The Morgan fingerprint density at radius 1 is 0.266 bits per heavy atom. The largest absolute Gasteiger partial charge is 0.462 e. The third kappa shape index (κ3) is 64.8. The van der Waals surface area contributed by atoms with Crippen LogP contribution in [-0.4, -0.2) is 37.2 Å². The second-order valence-electron chi connectivity index (χ2n) is 22.0. The fraction of sp³-hybridized carbons (Fsp3) is 0.712. The first-order valence-electron chi connectivity index (χ1n) is 33.4. The molecule has 1 atom stereocenters. The Labute approximate surface area is 489 Å². The van der Waals surface area contributed by atoms with Crippen LogP contribution in [0.15, 0.2) is 109 Å². The molecule has 6 nitrogen and oxygen atoms in total. The molecule has 0 spiro atoms. The molecular formula is C73H124O6. The van der Waals surface area contributed by atoms with Gasteiger partial charge >= 0.3 is 17.9 Å². The Kier molecular flexibility index (Phi) is 63.3. The average Bonchev–Trinajstić information content (AvgIpc) is 3.45. The predicted molar refractivity (Wildman–Crippen MR) is 343 cm³/mol. The van der Waals surface area contributed by atoms with Crippen molar-refractivity contribution >= 4 is 17.9 Å². The van der Waals surface area contributed by atoms with E-state index in [1.165, 1.54) is 154 Å². The Morgan fingerprint density at radius 2 is 0.494 bits per heavy atom. The van der Waals surface area contributed by atoms with Crippen molar-refractivity contribution in [3.63, 3.8) is 0 Å². The summed E-state index contributed by atoms with van der Waals surface area (Å²) in [5.41, 5.74) is 0. The molecule has 0 radical (unpaired) electrons. The van der Waals surface area contributed by atoms with Gasteiger partial charge in [-0.05, 0) is 109 Å². The molecule has 0 heterocycles. The number of unbranched alkanes of at least 4 members (excludes halogenated alkanes) is 31. The van der Waals surface area contributed by atoms with Crippen molar-refractivity contribution in [2.24, 2.45) is 0 Å². The maximum absolute atomic E-state index is 12.8. The van der Waals surface area contributed by atoms with Crippen LogP contribution >= 0.6 is 0 Å². The maximum Gasteiger partial charge on any atom is 0.306 e. The zero-order valence-electron chi connectivity index (χ0n) is 51.9. The van der Waals surface area contributed by atoms with Crippen molar-refractivity contribution in [1.29, 1.82) is 0 Å². The highest BCUT2D eigenvalue weighted by molar-refractivity contribution is 5.71. The summed E-state index contributed by atoms with van der Waals surface area (Å²) in [5, 5.41) is 0. The molecule has 452 valence electrons. The first-order valence-corrected chi connectivity index (χ1v) is 33.4. The Hall–Kier alpha value is -3.93. The Morgan fingerprint density at radius 3 is 0.772 bits per heavy atom. The highest BCUT2D eigenvalue weighted by atomic mass is 16.6. The second kappa shape index (κ2) is 66.6. The molecule has 0 aliphatic rings. The second-order valence-corrected chi connectivity index (χ2v) is 22.0. The lowest BCUT2D eigenvalue weighted by Crippen LogP contribution is -2.30. The molecule has 0 saturated carbocycles. The summed E-state index contributed by atoms with van der Waals surface area (Å²) >= 11 is 0. The Balaban J connectivity index is 4.05. The number of allylic oxidation sites excluding steroid dienone is 18. The molecule has 1 unspecified atom stereocenters. The topological polar surface area (TPSA) is 78.9 Å². The van der Waals surface area contributed by atoms with Gasteiger partial charge < -0.3 is 14.2 Å². The van der Waals surface area contributed by atoms with Gasteiger partial charge in [0.1, 0.15) is 13.2 Å². The van der Waals surface area contributed by atoms with Crippen LogP contribution in [0.3, 0.4) is 0 Å². The van der Waals surface area contributed by atoms with Crippen LogP contribution in [0.25, 0.3) is 0 Å². The van der Waals surface area contributed by atoms with Gasteiger partial charge in [-0.3, -0.25) is 14.4 Å². The summed E-state index contributed by atoms with van der Waals surface area (Å²) in [6.45, 7) is 6.44. The fourth-order valence-corrected chi connectivity index (χ4v) is 9.28. The molecule has 0 amide bonds. The summed E-state index contributed by atoms with van der Waals surface area (Å²) in [7, 11) is 0. The van der Waals surface area contributed by atoms with Crippen molar-refractivity contribution in [2.45, 2.75) is 322 Å². The summed E-state index contributed by atoms with van der Waals surface area (Å²) < 4.78 is 16.8. The van der Waals surface area contributed by atoms with Crippen LogP contribution < -0.4 is 0 Å². The molecule has 0 aromatic rings. The van der Waals surface area contributed by atoms with Gasteiger partial charge in [0.25, 0.3) is 0 Å². The van der Waals surface area contributed by atoms with Gasteiger partial charge in [0.05, 0.1) is 0 Å². The smallest absolute Gasteiger partial charge is 0.306 e. The summed E-state index contributed by atoms with van der Waals surface area (Å²) in [4.78, 5) is 38.0. The minimum absolute atomic E-state index is 0.0810. The standard InChI is InChI=1S/C73H124O6/c1-4-7-10-13-15-17-19-21-23-25-27-29-31-33-35-36-38-39-41-43-45-47-49-51-53-55-57-60-63-66-72(75)78-69-70(68-77-71(74)65-62-59-12-9-6-3)79-73(76)67-64-61-58-56-54-52-50-48-46-44-42-40-37-34-32-30-28-26-24-22-20-18-16-14-11-8-5-2/h8,11,16,18-19,21-22,24-25,27-28,30-31,33-34,37,42,44,70H,4-7,9-10,12-15,17,20,23,26,29,32,35-36,38-41,43,45-69H2,1-3H3/b11-8-,18-16-,21-19-,24-22-,27-25-,30-28-,33-31-,37-34-,44-42-. The first-order chi connectivity index (χ1) is 39.0. The van der Waals surface area contributed by atoms with Crippen LogP contribution in [-0.2, 0) is 28.6 Å². The summed E-state index contributed by atoms with van der Waals surface area (Å²) in [6, 6.07) is 0. The first kappa shape index (κ1) is 75.1. The molecule has 0 aromatic heterocycles. The normalized spacial score (nSPS) is 12.8. The lowest BCUT2D eigenvalue weighted by Gasteiger charge is -2.18. The van der Waals surface area contributed by atoms with Gasteiger partial charge in [-0.25, -0.2) is 0 Å². The molecule has 0 saturated heterocycles. The maximum atomic E-state index is 12.8. The van der Waals surface area contributed by atoms with Crippen molar-refractivity contribution in [2.75, 3.05) is 13.2 Å². The van der Waals surface area contributed by atoms with E-state index >= 15 is 0 Å². The predicted octanol–water partition coefficient (Wildman–Crippen LogP) is 23.0. The zero-order chi connectivity index (χ0) is 57.1. The molecule has 79 heavy (non-hydrogen) atoms. The zero-order valence-corrected chi connectivity index (χ0v) is 51.9. The number of hydrogen-bond donors (Lipinski definition) is 0. The SMILES string of the molecule is CC/C=C\C/C=C\C/C=C\C/C=C\C/C=C\C/C=C\CCCCCCCCCCC(=O)OC(COC(=O)CCCCCCC)COC(=O)CCCCCCCCCCCCCCCC/C=C\C/C=C\C/C=C\CCCCCCC. The molecule has 0 bridgehead atoms. The summed E-state index contributed by atoms with van der Waals surface area (Å²) in [5.74, 6) is -0.897. The van der Waals surface area contributed by atoms with E-state index in [1.54, 1.807) is 0 Å². The number of rotatable bonds is 60. The minimum Gasteiger partial charge on any atom is -0.462 e. The molecule has 0 rings (SSSR count). The average molecular weight is 1100 g/mol. The monoisotopic (exact) mass is 1100 g/mol. The van der Waals surface area contributed by atoms with E-state index in [2.05, 4.69) is 130 Å². The summed E-state index contributed by atoms with van der Waals surface area (Å²) in [6.07, 6.45) is 91.5. The lowest BCUT2D eigenvalue weighted by atomic mass is 10.0. The number of ether oxygens (including phenoxy) is 3. The van der Waals surface area contributed by atoms with Crippen LogP contribution in [0.5, 0.6) is 0 Å². The number of carbonyl (C=O) groups excluding carboxylic acids is 3. The van der Waals surface area contributed by atoms with Crippen molar-refractivity contribution < 1.29 is 28.6 Å². The van der Waals surface area contributed by atoms with Gasteiger partial charge in [0, 0.05) is 19.3 Å². The molecule has 6 heteroatoms. The van der Waals surface area contributed by atoms with Crippen LogP contribution in [0.4, 0.5) is 0 Å². The van der Waals surface area contributed by atoms with Gasteiger partial charge in [-0.1, -0.05) is 297 Å². The van der Waals surface area contributed by atoms with Crippen LogP contribution in [0, 0.1) is 0 Å². The van der Waals surface area contributed by atoms with E-state index < -0.39 is 6.10 Å². The van der Waals surface area contributed by atoms with E-state index in [0.29, 0.717) is 19.3 Å². The van der Waals surface area contributed by atoms with Crippen LogP contribution in [0.1, 0.15) is 316 Å². The van der Waals surface area contributed by atoms with Gasteiger partial charge in [-0.2, -0.15) is 0 Å². The quantitative estimate of drug-likeness (QED) is 0.0261. The van der Waals surface area contributed by atoms with E-state index in [9.17, 15) is 14.4 Å². The molecular weight excluding hydrogens is 973 g/mol. The fourth-order valence-electron chi connectivity index (χ4n) is 9.28. The van der Waals surface area contributed by atoms with Gasteiger partial charge in [0.15, 0.2) is 6.10 Å². The minimum atomic E-state index is -0.781. The third-order valence-electron chi connectivity index (χ3n) is 14.3. The molecule has 0 aliphatic heterocycles. The van der Waals surface area contributed by atoms with Crippen molar-refractivity contribution in [3.05, 3.63) is 109 Å². The van der Waals surface area contributed by atoms with Crippen molar-refractivity contribution in [1.82, 2.24) is 0 Å². The number of carbonyl (C=O) groups is 3. The van der Waals surface area contributed by atoms with Gasteiger partial charge in [0.2, 0.25) is 0 Å².